The molecule has 0 spiro atoms. The van der Waals surface area contributed by atoms with Crippen molar-refractivity contribution in [3.63, 3.8) is 0 Å². The molecule has 0 aliphatic heterocycles. The SMILES string of the molecule is Clc1nccc(Nc2ccc(OCc3ccccc3)cc2)n1. The number of rotatable bonds is 5. The van der Waals surface area contributed by atoms with Crippen molar-refractivity contribution in [3.05, 3.63) is 77.7 Å². The van der Waals surface area contributed by atoms with E-state index in [0.29, 0.717) is 12.4 Å². The van der Waals surface area contributed by atoms with E-state index in [4.69, 9.17) is 16.3 Å². The number of ether oxygens (including phenoxy) is 1. The van der Waals surface area contributed by atoms with Gasteiger partial charge in [0.25, 0.3) is 0 Å². The number of hydrogen-bond acceptors (Lipinski definition) is 4. The summed E-state index contributed by atoms with van der Waals surface area (Å²) in [6, 6.07) is 19.5. The van der Waals surface area contributed by atoms with Gasteiger partial charge in [0, 0.05) is 11.9 Å². The quantitative estimate of drug-likeness (QED) is 0.707. The number of halogens is 1. The van der Waals surface area contributed by atoms with E-state index >= 15 is 0 Å². The molecule has 0 radical (unpaired) electrons. The molecular formula is C17H14ClN3O. The van der Waals surface area contributed by atoms with E-state index in [1.54, 1.807) is 12.3 Å². The summed E-state index contributed by atoms with van der Waals surface area (Å²) < 4.78 is 5.74. The molecule has 0 aliphatic carbocycles. The first kappa shape index (κ1) is 14.4. The first-order valence-electron chi connectivity index (χ1n) is 6.82. The van der Waals surface area contributed by atoms with E-state index in [2.05, 4.69) is 15.3 Å². The zero-order chi connectivity index (χ0) is 15.2. The Morgan fingerprint density at radius 3 is 2.45 bits per heavy atom. The molecule has 2 aromatic carbocycles. The minimum atomic E-state index is 0.216. The summed E-state index contributed by atoms with van der Waals surface area (Å²) in [6.45, 7) is 0.551. The molecule has 0 amide bonds. The molecule has 110 valence electrons. The van der Waals surface area contributed by atoms with Gasteiger partial charge in [-0.2, -0.15) is 0 Å². The highest BCUT2D eigenvalue weighted by atomic mass is 35.5. The van der Waals surface area contributed by atoms with Crippen molar-refractivity contribution < 1.29 is 4.74 Å². The molecule has 0 aliphatic rings. The van der Waals surface area contributed by atoms with Crippen LogP contribution in [-0.4, -0.2) is 9.97 Å². The topological polar surface area (TPSA) is 47.0 Å². The molecule has 5 heteroatoms. The Morgan fingerprint density at radius 1 is 0.955 bits per heavy atom. The van der Waals surface area contributed by atoms with Gasteiger partial charge in [0.15, 0.2) is 0 Å². The third-order valence-electron chi connectivity index (χ3n) is 3.00. The molecule has 0 atom stereocenters. The molecule has 0 unspecified atom stereocenters. The van der Waals surface area contributed by atoms with Crippen LogP contribution in [0.5, 0.6) is 5.75 Å². The van der Waals surface area contributed by atoms with E-state index in [9.17, 15) is 0 Å². The summed E-state index contributed by atoms with van der Waals surface area (Å²) in [7, 11) is 0. The predicted molar refractivity (Wildman–Crippen MR) is 87.5 cm³/mol. The lowest BCUT2D eigenvalue weighted by Gasteiger charge is -2.08. The summed E-state index contributed by atoms with van der Waals surface area (Å²) in [6.07, 6.45) is 1.61. The molecule has 1 aromatic heterocycles. The van der Waals surface area contributed by atoms with Gasteiger partial charge in [0.1, 0.15) is 18.2 Å². The second-order valence-electron chi connectivity index (χ2n) is 4.63. The van der Waals surface area contributed by atoms with Gasteiger partial charge < -0.3 is 10.1 Å². The molecule has 0 fully saturated rings. The normalized spacial score (nSPS) is 10.2. The Labute approximate surface area is 133 Å². The molecule has 1 heterocycles. The average molecular weight is 312 g/mol. The molecule has 3 aromatic rings. The van der Waals surface area contributed by atoms with E-state index in [1.165, 1.54) is 0 Å². The molecule has 0 saturated heterocycles. The number of anilines is 2. The highest BCUT2D eigenvalue weighted by Gasteiger charge is 1.99. The monoisotopic (exact) mass is 311 g/mol. The maximum atomic E-state index is 5.75. The summed E-state index contributed by atoms with van der Waals surface area (Å²) >= 11 is 5.75. The van der Waals surface area contributed by atoms with Crippen molar-refractivity contribution in [3.8, 4) is 5.75 Å². The fourth-order valence-corrected chi connectivity index (χ4v) is 2.08. The lowest BCUT2D eigenvalue weighted by atomic mass is 10.2. The Bertz CT molecular complexity index is 732. The van der Waals surface area contributed by atoms with Crippen molar-refractivity contribution >= 4 is 23.1 Å². The Kier molecular flexibility index (Phi) is 4.51. The van der Waals surface area contributed by atoms with Gasteiger partial charge in [-0.3, -0.25) is 0 Å². The van der Waals surface area contributed by atoms with Crippen LogP contribution in [0.3, 0.4) is 0 Å². The van der Waals surface area contributed by atoms with Crippen molar-refractivity contribution in [2.45, 2.75) is 6.61 Å². The number of benzene rings is 2. The third kappa shape index (κ3) is 3.96. The number of hydrogen-bond donors (Lipinski definition) is 1. The second kappa shape index (κ2) is 6.91. The summed E-state index contributed by atoms with van der Waals surface area (Å²) in [5.74, 6) is 1.47. The molecule has 0 bridgehead atoms. The van der Waals surface area contributed by atoms with Crippen LogP contribution in [0.4, 0.5) is 11.5 Å². The van der Waals surface area contributed by atoms with Gasteiger partial charge in [-0.1, -0.05) is 30.3 Å². The average Bonchev–Trinajstić information content (AvgIpc) is 2.55. The van der Waals surface area contributed by atoms with Gasteiger partial charge in [-0.15, -0.1) is 0 Å². The maximum Gasteiger partial charge on any atom is 0.224 e. The van der Waals surface area contributed by atoms with Crippen LogP contribution in [0.1, 0.15) is 5.56 Å². The van der Waals surface area contributed by atoms with Crippen LogP contribution < -0.4 is 10.1 Å². The molecular weight excluding hydrogens is 298 g/mol. The standard InChI is InChI=1S/C17H14ClN3O/c18-17-19-11-10-16(21-17)20-14-6-8-15(9-7-14)22-12-13-4-2-1-3-5-13/h1-11H,12H2,(H,19,20,21). The molecule has 0 saturated carbocycles. The second-order valence-corrected chi connectivity index (χ2v) is 4.97. The Morgan fingerprint density at radius 2 is 1.73 bits per heavy atom. The Hall–Kier alpha value is -2.59. The van der Waals surface area contributed by atoms with Crippen LogP contribution in [0.25, 0.3) is 0 Å². The zero-order valence-corrected chi connectivity index (χ0v) is 12.5. The highest BCUT2D eigenvalue weighted by Crippen LogP contribution is 2.20. The van der Waals surface area contributed by atoms with Crippen LogP contribution >= 0.6 is 11.6 Å². The first-order chi connectivity index (χ1) is 10.8. The zero-order valence-electron chi connectivity index (χ0n) is 11.7. The summed E-state index contributed by atoms with van der Waals surface area (Å²) in [4.78, 5) is 7.92. The van der Waals surface area contributed by atoms with E-state index in [0.717, 1.165) is 17.0 Å². The van der Waals surface area contributed by atoms with Gasteiger partial charge >= 0.3 is 0 Å². The first-order valence-corrected chi connectivity index (χ1v) is 7.20. The number of nitrogens with zero attached hydrogens (tertiary/aromatic N) is 2. The summed E-state index contributed by atoms with van der Waals surface area (Å²) in [5, 5.41) is 3.37. The van der Waals surface area contributed by atoms with Crippen molar-refractivity contribution in [1.29, 1.82) is 0 Å². The van der Waals surface area contributed by atoms with Crippen LogP contribution in [0, 0.1) is 0 Å². The molecule has 22 heavy (non-hydrogen) atoms. The molecule has 1 N–H and O–H groups in total. The van der Waals surface area contributed by atoms with Gasteiger partial charge in [0.05, 0.1) is 0 Å². The van der Waals surface area contributed by atoms with Gasteiger partial charge in [0.2, 0.25) is 5.28 Å². The van der Waals surface area contributed by atoms with Crippen molar-refractivity contribution in [2.75, 3.05) is 5.32 Å². The fraction of sp³-hybridized carbons (Fsp3) is 0.0588. The minimum absolute atomic E-state index is 0.216. The molecule has 4 nitrogen and oxygen atoms in total. The highest BCUT2D eigenvalue weighted by molar-refractivity contribution is 6.28. The maximum absolute atomic E-state index is 5.75. The van der Waals surface area contributed by atoms with E-state index in [1.807, 2.05) is 54.6 Å². The Balaban J connectivity index is 1.60. The van der Waals surface area contributed by atoms with Crippen LogP contribution in [0.15, 0.2) is 66.9 Å². The fourth-order valence-electron chi connectivity index (χ4n) is 1.93. The van der Waals surface area contributed by atoms with E-state index in [-0.39, 0.29) is 5.28 Å². The number of nitrogens with one attached hydrogen (secondary N) is 1. The third-order valence-corrected chi connectivity index (χ3v) is 3.18. The lowest BCUT2D eigenvalue weighted by molar-refractivity contribution is 0.306. The predicted octanol–water partition coefficient (Wildman–Crippen LogP) is 4.45. The van der Waals surface area contributed by atoms with Crippen LogP contribution in [0.2, 0.25) is 5.28 Å². The van der Waals surface area contributed by atoms with Crippen LogP contribution in [-0.2, 0) is 6.61 Å². The van der Waals surface area contributed by atoms with Gasteiger partial charge in [-0.05, 0) is 47.5 Å². The van der Waals surface area contributed by atoms with Crippen molar-refractivity contribution in [1.82, 2.24) is 9.97 Å². The number of aromatic nitrogens is 2. The molecule has 3 rings (SSSR count). The lowest BCUT2D eigenvalue weighted by Crippen LogP contribution is -1.96. The largest absolute Gasteiger partial charge is 0.489 e. The summed E-state index contributed by atoms with van der Waals surface area (Å²) in [5.41, 5.74) is 2.04. The van der Waals surface area contributed by atoms with Gasteiger partial charge in [-0.25, -0.2) is 9.97 Å². The van der Waals surface area contributed by atoms with E-state index < -0.39 is 0 Å². The van der Waals surface area contributed by atoms with Crippen molar-refractivity contribution in [2.24, 2.45) is 0 Å². The smallest absolute Gasteiger partial charge is 0.224 e. The minimum Gasteiger partial charge on any atom is -0.489 e.